The van der Waals surface area contributed by atoms with Gasteiger partial charge < -0.3 is 10.2 Å². The maximum atomic E-state index is 12.0. The zero-order chi connectivity index (χ0) is 10.8. The SMILES string of the molecule is CC(C(=O)N(C)C1CNC1)n1cccn1.Cl.Cl. The van der Waals surface area contributed by atoms with E-state index in [-0.39, 0.29) is 36.8 Å². The van der Waals surface area contributed by atoms with E-state index >= 15 is 0 Å². The number of nitrogens with zero attached hydrogens (tertiary/aromatic N) is 3. The Morgan fingerprint density at radius 1 is 1.53 bits per heavy atom. The molecule has 0 saturated carbocycles. The van der Waals surface area contributed by atoms with Gasteiger partial charge in [-0.25, -0.2) is 0 Å². The van der Waals surface area contributed by atoms with E-state index in [4.69, 9.17) is 0 Å². The van der Waals surface area contributed by atoms with Crippen LogP contribution in [0, 0.1) is 0 Å². The van der Waals surface area contributed by atoms with Crippen LogP contribution in [0.25, 0.3) is 0 Å². The molecule has 1 atom stereocenters. The van der Waals surface area contributed by atoms with E-state index in [1.54, 1.807) is 10.9 Å². The fourth-order valence-electron chi connectivity index (χ4n) is 1.64. The van der Waals surface area contributed by atoms with Crippen LogP contribution < -0.4 is 5.32 Å². The summed E-state index contributed by atoms with van der Waals surface area (Å²) in [6, 6.07) is 1.95. The lowest BCUT2D eigenvalue weighted by atomic mass is 10.1. The minimum absolute atomic E-state index is 0. The summed E-state index contributed by atoms with van der Waals surface area (Å²) in [5.74, 6) is 0.116. The summed E-state index contributed by atoms with van der Waals surface area (Å²) in [6.45, 7) is 3.67. The van der Waals surface area contributed by atoms with Gasteiger partial charge in [0.1, 0.15) is 6.04 Å². The Morgan fingerprint density at radius 3 is 2.59 bits per heavy atom. The zero-order valence-corrected chi connectivity index (χ0v) is 11.5. The lowest BCUT2D eigenvalue weighted by Gasteiger charge is -2.36. The van der Waals surface area contributed by atoms with Gasteiger partial charge >= 0.3 is 0 Å². The molecule has 0 radical (unpaired) electrons. The van der Waals surface area contributed by atoms with Crippen LogP contribution in [0.2, 0.25) is 0 Å². The first-order valence-electron chi connectivity index (χ1n) is 5.16. The maximum absolute atomic E-state index is 12.0. The number of amides is 1. The Bertz CT molecular complexity index is 340. The monoisotopic (exact) mass is 280 g/mol. The fraction of sp³-hybridized carbons (Fsp3) is 0.600. The number of halogens is 2. The molecule has 1 amide bonds. The summed E-state index contributed by atoms with van der Waals surface area (Å²) in [6.07, 6.45) is 3.50. The smallest absolute Gasteiger partial charge is 0.247 e. The number of hydrogen-bond donors (Lipinski definition) is 1. The van der Waals surface area contributed by atoms with Crippen LogP contribution in [0.5, 0.6) is 0 Å². The molecule has 0 spiro atoms. The Morgan fingerprint density at radius 2 is 2.18 bits per heavy atom. The molecule has 1 unspecified atom stereocenters. The number of carbonyl (C=O) groups is 1. The summed E-state index contributed by atoms with van der Waals surface area (Å²) >= 11 is 0. The van der Waals surface area contributed by atoms with Gasteiger partial charge in [0.05, 0.1) is 6.04 Å². The molecule has 7 heteroatoms. The van der Waals surface area contributed by atoms with Crippen LogP contribution in [-0.4, -0.2) is 46.8 Å². The third-order valence-corrected chi connectivity index (χ3v) is 2.93. The van der Waals surface area contributed by atoms with Crippen LogP contribution in [0.15, 0.2) is 18.5 Å². The highest BCUT2D eigenvalue weighted by Gasteiger charge is 2.28. The third-order valence-electron chi connectivity index (χ3n) is 2.93. The van der Waals surface area contributed by atoms with E-state index in [9.17, 15) is 4.79 Å². The molecule has 1 fully saturated rings. The van der Waals surface area contributed by atoms with E-state index in [0.29, 0.717) is 6.04 Å². The lowest BCUT2D eigenvalue weighted by molar-refractivity contribution is -0.136. The molecular formula is C10H18Cl2N4O. The number of carbonyl (C=O) groups excluding carboxylic acids is 1. The first kappa shape index (κ1) is 16.2. The summed E-state index contributed by atoms with van der Waals surface area (Å²) in [5.41, 5.74) is 0. The van der Waals surface area contributed by atoms with Crippen molar-refractivity contribution in [1.29, 1.82) is 0 Å². The van der Waals surface area contributed by atoms with Gasteiger partial charge in [0.15, 0.2) is 0 Å². The summed E-state index contributed by atoms with van der Waals surface area (Å²) in [5, 5.41) is 7.23. The molecule has 0 aromatic carbocycles. The Balaban J connectivity index is 0.00000128. The van der Waals surface area contributed by atoms with E-state index in [1.807, 2.05) is 31.1 Å². The standard InChI is InChI=1S/C10H16N4O.2ClH/c1-8(14-5-3-4-12-14)10(15)13(2)9-6-11-7-9;;/h3-5,8-9,11H,6-7H2,1-2H3;2*1H. The number of hydrogen-bond acceptors (Lipinski definition) is 3. The maximum Gasteiger partial charge on any atom is 0.247 e. The molecule has 2 rings (SSSR count). The third kappa shape index (κ3) is 3.34. The normalized spacial score (nSPS) is 16.1. The van der Waals surface area contributed by atoms with Gasteiger partial charge in [-0.3, -0.25) is 9.48 Å². The number of nitrogens with one attached hydrogen (secondary N) is 1. The van der Waals surface area contributed by atoms with Crippen molar-refractivity contribution >= 4 is 30.7 Å². The van der Waals surface area contributed by atoms with Gasteiger partial charge in [-0.15, -0.1) is 24.8 Å². The second-order valence-corrected chi connectivity index (χ2v) is 3.92. The molecule has 1 aliphatic rings. The molecule has 1 aromatic rings. The molecule has 1 aromatic heterocycles. The van der Waals surface area contributed by atoms with Crippen molar-refractivity contribution in [3.05, 3.63) is 18.5 Å². The average Bonchev–Trinajstić information content (AvgIpc) is 2.65. The van der Waals surface area contributed by atoms with Crippen molar-refractivity contribution in [2.75, 3.05) is 20.1 Å². The fourth-order valence-corrected chi connectivity index (χ4v) is 1.64. The summed E-state index contributed by atoms with van der Waals surface area (Å²) in [4.78, 5) is 13.8. The highest BCUT2D eigenvalue weighted by Crippen LogP contribution is 2.11. The lowest BCUT2D eigenvalue weighted by Crippen LogP contribution is -2.58. The Hall–Kier alpha value is -0.780. The second-order valence-electron chi connectivity index (χ2n) is 3.92. The number of likely N-dealkylation sites (N-methyl/N-ethyl adjacent to an activating group) is 1. The van der Waals surface area contributed by atoms with Gasteiger partial charge in [-0.1, -0.05) is 0 Å². The zero-order valence-electron chi connectivity index (χ0n) is 9.87. The van der Waals surface area contributed by atoms with Crippen molar-refractivity contribution < 1.29 is 4.79 Å². The molecule has 0 aliphatic carbocycles. The molecule has 1 N–H and O–H groups in total. The molecular weight excluding hydrogens is 263 g/mol. The van der Waals surface area contributed by atoms with Gasteiger partial charge in [-0.2, -0.15) is 5.10 Å². The van der Waals surface area contributed by atoms with Crippen LogP contribution in [0.1, 0.15) is 13.0 Å². The van der Waals surface area contributed by atoms with E-state index < -0.39 is 0 Å². The largest absolute Gasteiger partial charge is 0.338 e. The first-order chi connectivity index (χ1) is 7.20. The van der Waals surface area contributed by atoms with Crippen molar-refractivity contribution in [3.8, 4) is 0 Å². The number of aromatic nitrogens is 2. The van der Waals surface area contributed by atoms with Gasteiger partial charge in [0, 0.05) is 32.5 Å². The molecule has 17 heavy (non-hydrogen) atoms. The van der Waals surface area contributed by atoms with Crippen molar-refractivity contribution in [2.24, 2.45) is 0 Å². The predicted molar refractivity (Wildman–Crippen MR) is 70.9 cm³/mol. The van der Waals surface area contributed by atoms with Gasteiger partial charge in [0.2, 0.25) is 5.91 Å². The summed E-state index contributed by atoms with van der Waals surface area (Å²) in [7, 11) is 1.86. The van der Waals surface area contributed by atoms with Crippen molar-refractivity contribution in [2.45, 2.75) is 19.0 Å². The summed E-state index contributed by atoms with van der Waals surface area (Å²) < 4.78 is 1.69. The Labute approximate surface area is 113 Å². The topological polar surface area (TPSA) is 50.2 Å². The minimum Gasteiger partial charge on any atom is -0.338 e. The minimum atomic E-state index is -0.217. The van der Waals surface area contributed by atoms with Crippen LogP contribution in [0.4, 0.5) is 0 Å². The molecule has 1 aliphatic heterocycles. The van der Waals surface area contributed by atoms with Crippen molar-refractivity contribution in [3.63, 3.8) is 0 Å². The number of rotatable bonds is 3. The molecule has 98 valence electrons. The van der Waals surface area contributed by atoms with E-state index in [2.05, 4.69) is 10.4 Å². The Kier molecular flexibility index (Phi) is 6.52. The van der Waals surface area contributed by atoms with Crippen LogP contribution in [0.3, 0.4) is 0 Å². The first-order valence-corrected chi connectivity index (χ1v) is 5.16. The highest BCUT2D eigenvalue weighted by molar-refractivity contribution is 5.85. The van der Waals surface area contributed by atoms with E-state index in [0.717, 1.165) is 13.1 Å². The van der Waals surface area contributed by atoms with Crippen molar-refractivity contribution in [1.82, 2.24) is 20.0 Å². The molecule has 1 saturated heterocycles. The average molecular weight is 281 g/mol. The second kappa shape index (κ2) is 6.83. The quantitative estimate of drug-likeness (QED) is 0.888. The van der Waals surface area contributed by atoms with Gasteiger partial charge in [0.25, 0.3) is 0 Å². The van der Waals surface area contributed by atoms with Gasteiger partial charge in [-0.05, 0) is 13.0 Å². The molecule has 0 bridgehead atoms. The van der Waals surface area contributed by atoms with E-state index in [1.165, 1.54) is 0 Å². The predicted octanol–water partition coefficient (Wildman–Crippen LogP) is 0.718. The van der Waals surface area contributed by atoms with Crippen LogP contribution in [-0.2, 0) is 4.79 Å². The van der Waals surface area contributed by atoms with Crippen LogP contribution >= 0.6 is 24.8 Å². The molecule has 5 nitrogen and oxygen atoms in total. The molecule has 2 heterocycles. The highest BCUT2D eigenvalue weighted by atomic mass is 35.5.